The summed E-state index contributed by atoms with van der Waals surface area (Å²) in [4.78, 5) is 26.9. The molecule has 2 aromatic heterocycles. The number of aromatic amines is 1. The lowest BCUT2D eigenvalue weighted by atomic mass is 10.1. The van der Waals surface area contributed by atoms with Crippen LogP contribution in [-0.4, -0.2) is 52.5 Å². The zero-order valence-corrected chi connectivity index (χ0v) is 18.6. The van der Waals surface area contributed by atoms with E-state index in [1.807, 2.05) is 18.2 Å². The molecule has 1 saturated heterocycles. The minimum atomic E-state index is 0.0299. The van der Waals surface area contributed by atoms with Crippen LogP contribution in [0.3, 0.4) is 0 Å². The van der Waals surface area contributed by atoms with Crippen LogP contribution in [0.1, 0.15) is 36.7 Å². The van der Waals surface area contributed by atoms with Gasteiger partial charge < -0.3 is 15.0 Å². The highest BCUT2D eigenvalue weighted by Gasteiger charge is 2.24. The quantitative estimate of drug-likeness (QED) is 0.524. The van der Waals surface area contributed by atoms with Crippen molar-refractivity contribution in [2.45, 2.75) is 31.7 Å². The Bertz CT molecular complexity index is 998. The first-order valence-electron chi connectivity index (χ1n) is 10.3. The molecular formula is C22H26BrN5O2. The zero-order valence-electron chi connectivity index (χ0n) is 17.0. The SMILES string of the molecule is COc1ccc([C@@H](CNC(=O)CCc2nc3ncc(Br)cc3[nH]2)N2CCCC2)cc1. The van der Waals surface area contributed by atoms with E-state index >= 15 is 0 Å². The van der Waals surface area contributed by atoms with E-state index in [-0.39, 0.29) is 11.9 Å². The zero-order chi connectivity index (χ0) is 20.9. The maximum absolute atomic E-state index is 12.5. The number of methoxy groups -OCH3 is 1. The maximum Gasteiger partial charge on any atom is 0.220 e. The molecule has 2 N–H and O–H groups in total. The Balaban J connectivity index is 1.35. The number of carbonyl (C=O) groups excluding carboxylic acids is 1. The summed E-state index contributed by atoms with van der Waals surface area (Å²) in [6.07, 6.45) is 5.07. The van der Waals surface area contributed by atoms with Crippen LogP contribution in [0.15, 0.2) is 41.0 Å². The molecule has 1 aliphatic heterocycles. The summed E-state index contributed by atoms with van der Waals surface area (Å²) < 4.78 is 6.17. The minimum Gasteiger partial charge on any atom is -0.497 e. The second-order valence-electron chi connectivity index (χ2n) is 7.54. The van der Waals surface area contributed by atoms with Gasteiger partial charge in [0.1, 0.15) is 11.6 Å². The Morgan fingerprint density at radius 3 is 2.80 bits per heavy atom. The molecule has 0 bridgehead atoms. The van der Waals surface area contributed by atoms with E-state index in [9.17, 15) is 4.79 Å². The Kier molecular flexibility index (Phi) is 6.64. The molecule has 1 atom stereocenters. The van der Waals surface area contributed by atoms with Gasteiger partial charge in [-0.1, -0.05) is 12.1 Å². The third kappa shape index (κ3) is 4.99. The standard InChI is InChI=1S/C22H26BrN5O2/c1-30-17-6-4-15(5-7-17)19(28-10-2-3-11-28)14-24-21(29)9-8-20-26-18-12-16(23)13-25-22(18)27-20/h4-7,12-13,19H,2-3,8-11,14H2,1H3,(H,24,29)(H,25,26,27)/t19-/m1/s1. The number of rotatable bonds is 8. The van der Waals surface area contributed by atoms with Crippen LogP contribution in [0.25, 0.3) is 11.2 Å². The molecule has 30 heavy (non-hydrogen) atoms. The largest absolute Gasteiger partial charge is 0.497 e. The van der Waals surface area contributed by atoms with Gasteiger partial charge >= 0.3 is 0 Å². The third-order valence-electron chi connectivity index (χ3n) is 5.52. The van der Waals surface area contributed by atoms with Crippen molar-refractivity contribution in [2.24, 2.45) is 0 Å². The van der Waals surface area contributed by atoms with Crippen LogP contribution in [0, 0.1) is 0 Å². The van der Waals surface area contributed by atoms with Gasteiger partial charge in [0, 0.05) is 30.1 Å². The second-order valence-corrected chi connectivity index (χ2v) is 8.46. The van der Waals surface area contributed by atoms with Crippen LogP contribution >= 0.6 is 15.9 Å². The molecule has 7 nitrogen and oxygen atoms in total. The van der Waals surface area contributed by atoms with E-state index in [1.54, 1.807) is 13.3 Å². The van der Waals surface area contributed by atoms with E-state index in [0.29, 0.717) is 25.0 Å². The summed E-state index contributed by atoms with van der Waals surface area (Å²) in [5.74, 6) is 1.65. The van der Waals surface area contributed by atoms with Crippen molar-refractivity contribution in [3.8, 4) is 5.75 Å². The number of carbonyl (C=O) groups is 1. The summed E-state index contributed by atoms with van der Waals surface area (Å²) in [5.41, 5.74) is 2.74. The predicted octanol–water partition coefficient (Wildman–Crippen LogP) is 3.61. The lowest BCUT2D eigenvalue weighted by Crippen LogP contribution is -2.36. The number of halogens is 1. The molecule has 1 aromatic carbocycles. The number of ether oxygens (including phenoxy) is 1. The minimum absolute atomic E-state index is 0.0299. The van der Waals surface area contributed by atoms with Gasteiger partial charge in [-0.2, -0.15) is 0 Å². The van der Waals surface area contributed by atoms with Gasteiger partial charge in [0.05, 0.1) is 18.7 Å². The highest BCUT2D eigenvalue weighted by atomic mass is 79.9. The molecule has 3 aromatic rings. The van der Waals surface area contributed by atoms with Crippen molar-refractivity contribution in [1.29, 1.82) is 0 Å². The van der Waals surface area contributed by atoms with Crippen molar-refractivity contribution in [1.82, 2.24) is 25.2 Å². The number of aromatic nitrogens is 3. The molecule has 0 saturated carbocycles. The van der Waals surface area contributed by atoms with Crippen LogP contribution < -0.4 is 10.1 Å². The fourth-order valence-electron chi connectivity index (χ4n) is 3.91. The summed E-state index contributed by atoms with van der Waals surface area (Å²) in [6.45, 7) is 2.72. The number of amides is 1. The van der Waals surface area contributed by atoms with Crippen LogP contribution in [0.2, 0.25) is 0 Å². The highest BCUT2D eigenvalue weighted by Crippen LogP contribution is 2.26. The number of H-pyrrole nitrogens is 1. The van der Waals surface area contributed by atoms with Crippen LogP contribution in [-0.2, 0) is 11.2 Å². The van der Waals surface area contributed by atoms with E-state index in [2.05, 4.69) is 53.2 Å². The molecule has 1 fully saturated rings. The first kappa shape index (κ1) is 20.8. The summed E-state index contributed by atoms with van der Waals surface area (Å²) >= 11 is 3.41. The monoisotopic (exact) mass is 471 g/mol. The number of benzene rings is 1. The molecule has 0 unspecified atom stereocenters. The van der Waals surface area contributed by atoms with Gasteiger partial charge in [-0.05, 0) is 65.6 Å². The molecular weight excluding hydrogens is 446 g/mol. The number of fused-ring (bicyclic) bond motifs is 1. The number of pyridine rings is 1. The van der Waals surface area contributed by atoms with Gasteiger partial charge in [0.25, 0.3) is 0 Å². The Morgan fingerprint density at radius 1 is 1.30 bits per heavy atom. The first-order valence-corrected chi connectivity index (χ1v) is 11.1. The number of nitrogens with one attached hydrogen (secondary N) is 2. The average molecular weight is 472 g/mol. The van der Waals surface area contributed by atoms with Gasteiger partial charge in [-0.15, -0.1) is 0 Å². The molecule has 0 spiro atoms. The molecule has 8 heteroatoms. The molecule has 158 valence electrons. The lowest BCUT2D eigenvalue weighted by molar-refractivity contribution is -0.121. The van der Waals surface area contributed by atoms with Crippen molar-refractivity contribution in [2.75, 3.05) is 26.7 Å². The molecule has 1 amide bonds. The molecule has 4 rings (SSSR count). The summed E-state index contributed by atoms with van der Waals surface area (Å²) in [7, 11) is 1.67. The predicted molar refractivity (Wildman–Crippen MR) is 119 cm³/mol. The summed E-state index contributed by atoms with van der Waals surface area (Å²) in [5, 5.41) is 3.12. The van der Waals surface area contributed by atoms with E-state index < -0.39 is 0 Å². The van der Waals surface area contributed by atoms with Crippen LogP contribution in [0.5, 0.6) is 5.75 Å². The average Bonchev–Trinajstić information content (AvgIpc) is 3.42. The second kappa shape index (κ2) is 9.57. The topological polar surface area (TPSA) is 83.1 Å². The molecule has 3 heterocycles. The molecule has 0 aliphatic carbocycles. The van der Waals surface area contributed by atoms with Crippen molar-refractivity contribution >= 4 is 33.0 Å². The molecule has 1 aliphatic rings. The Labute approximate surface area is 184 Å². The smallest absolute Gasteiger partial charge is 0.220 e. The third-order valence-corrected chi connectivity index (χ3v) is 5.95. The van der Waals surface area contributed by atoms with E-state index in [0.717, 1.165) is 34.7 Å². The first-order chi connectivity index (χ1) is 14.6. The number of hydrogen-bond acceptors (Lipinski definition) is 5. The lowest BCUT2D eigenvalue weighted by Gasteiger charge is -2.28. The van der Waals surface area contributed by atoms with E-state index in [1.165, 1.54) is 18.4 Å². The number of nitrogens with zero attached hydrogens (tertiary/aromatic N) is 3. The normalized spacial score (nSPS) is 15.4. The van der Waals surface area contributed by atoms with Crippen LogP contribution in [0.4, 0.5) is 0 Å². The van der Waals surface area contributed by atoms with Gasteiger partial charge in [-0.25, -0.2) is 9.97 Å². The van der Waals surface area contributed by atoms with Gasteiger partial charge in [-0.3, -0.25) is 9.69 Å². The molecule has 0 radical (unpaired) electrons. The Morgan fingerprint density at radius 2 is 2.07 bits per heavy atom. The fourth-order valence-corrected chi connectivity index (χ4v) is 4.24. The van der Waals surface area contributed by atoms with Gasteiger partial charge in [0.15, 0.2) is 5.65 Å². The fraction of sp³-hybridized carbons (Fsp3) is 0.409. The highest BCUT2D eigenvalue weighted by molar-refractivity contribution is 9.10. The van der Waals surface area contributed by atoms with E-state index in [4.69, 9.17) is 4.74 Å². The number of aryl methyl sites for hydroxylation is 1. The van der Waals surface area contributed by atoms with Crippen molar-refractivity contribution in [3.05, 3.63) is 52.4 Å². The Hall–Kier alpha value is -2.45. The maximum atomic E-state index is 12.5. The summed E-state index contributed by atoms with van der Waals surface area (Å²) in [6, 6.07) is 10.3. The number of imidazole rings is 1. The van der Waals surface area contributed by atoms with Crippen molar-refractivity contribution in [3.63, 3.8) is 0 Å². The number of likely N-dealkylation sites (tertiary alicyclic amines) is 1. The van der Waals surface area contributed by atoms with Gasteiger partial charge in [0.2, 0.25) is 5.91 Å². The number of hydrogen-bond donors (Lipinski definition) is 2. The van der Waals surface area contributed by atoms with Crippen molar-refractivity contribution < 1.29 is 9.53 Å².